The molecular weight excluding hydrogens is 417 g/mol. The van der Waals surface area contributed by atoms with Gasteiger partial charge in [-0.2, -0.15) is 0 Å². The Morgan fingerprint density at radius 2 is 1.48 bits per heavy atom. The minimum atomic E-state index is -0.699. The van der Waals surface area contributed by atoms with Crippen molar-refractivity contribution in [3.05, 3.63) is 107 Å². The summed E-state index contributed by atoms with van der Waals surface area (Å²) in [5, 5.41) is 21.2. The summed E-state index contributed by atoms with van der Waals surface area (Å²) in [4.78, 5) is 2.08. The van der Waals surface area contributed by atoms with Crippen LogP contribution in [0, 0.1) is 11.7 Å². The summed E-state index contributed by atoms with van der Waals surface area (Å²) in [6, 6.07) is 26.4. The van der Waals surface area contributed by atoms with E-state index < -0.39 is 12.2 Å². The highest BCUT2D eigenvalue weighted by molar-refractivity contribution is 5.29. The molecule has 1 heterocycles. The number of halogens is 1. The molecule has 0 spiro atoms. The lowest BCUT2D eigenvalue weighted by Crippen LogP contribution is -2.45. The Morgan fingerprint density at radius 1 is 0.879 bits per heavy atom. The van der Waals surface area contributed by atoms with Crippen molar-refractivity contribution in [2.75, 3.05) is 26.2 Å². The van der Waals surface area contributed by atoms with Gasteiger partial charge in [0.15, 0.2) is 0 Å². The van der Waals surface area contributed by atoms with Crippen LogP contribution in [0.3, 0.4) is 0 Å². The van der Waals surface area contributed by atoms with Crippen LogP contribution in [-0.4, -0.2) is 47.5 Å². The van der Waals surface area contributed by atoms with Crippen LogP contribution < -0.4 is 0 Å². The SMILES string of the molecule is OC1CN(C[C@@H](O)c2ccc(F)cc2)CC[C@H]1CCOC(c1ccccc1)c1ccccc1. The molecule has 0 amide bonds. The van der Waals surface area contributed by atoms with Crippen molar-refractivity contribution in [3.63, 3.8) is 0 Å². The zero-order chi connectivity index (χ0) is 23.0. The molecule has 1 aliphatic rings. The van der Waals surface area contributed by atoms with Crippen LogP contribution in [0.25, 0.3) is 0 Å². The summed E-state index contributed by atoms with van der Waals surface area (Å²) < 4.78 is 19.4. The van der Waals surface area contributed by atoms with E-state index in [1.54, 1.807) is 12.1 Å². The lowest BCUT2D eigenvalue weighted by Gasteiger charge is -2.37. The van der Waals surface area contributed by atoms with E-state index in [1.807, 2.05) is 36.4 Å². The van der Waals surface area contributed by atoms with Gasteiger partial charge in [-0.1, -0.05) is 72.8 Å². The molecular formula is C28H32FNO3. The van der Waals surface area contributed by atoms with E-state index in [9.17, 15) is 14.6 Å². The predicted molar refractivity (Wildman–Crippen MR) is 127 cm³/mol. The van der Waals surface area contributed by atoms with Crippen LogP contribution >= 0.6 is 0 Å². The average Bonchev–Trinajstić information content (AvgIpc) is 2.84. The minimum Gasteiger partial charge on any atom is -0.392 e. The zero-order valence-corrected chi connectivity index (χ0v) is 18.8. The van der Waals surface area contributed by atoms with E-state index in [0.717, 1.165) is 30.5 Å². The molecule has 0 saturated carbocycles. The maximum Gasteiger partial charge on any atom is 0.123 e. The molecule has 0 radical (unpaired) electrons. The first-order valence-electron chi connectivity index (χ1n) is 11.7. The molecule has 3 atom stereocenters. The molecule has 5 heteroatoms. The molecule has 1 fully saturated rings. The number of hydrogen-bond acceptors (Lipinski definition) is 4. The Morgan fingerprint density at radius 3 is 2.06 bits per heavy atom. The highest BCUT2D eigenvalue weighted by atomic mass is 19.1. The third-order valence-corrected chi connectivity index (χ3v) is 6.47. The standard InChI is InChI=1S/C28H32FNO3/c29-25-13-11-21(12-14-25)26(31)19-30-17-15-22(27(32)20-30)16-18-33-28(23-7-3-1-4-8-23)24-9-5-2-6-10-24/h1-14,22,26-28,31-32H,15-20H2/t22-,26+,27?/m0/s1. The van der Waals surface area contributed by atoms with E-state index in [0.29, 0.717) is 25.3 Å². The number of rotatable bonds is 9. The van der Waals surface area contributed by atoms with Crippen molar-refractivity contribution in [1.82, 2.24) is 4.90 Å². The maximum absolute atomic E-state index is 13.1. The molecule has 0 bridgehead atoms. The highest BCUT2D eigenvalue weighted by Crippen LogP contribution is 2.28. The number of likely N-dealkylation sites (tertiary alicyclic amines) is 1. The number of piperidine rings is 1. The van der Waals surface area contributed by atoms with Gasteiger partial charge < -0.3 is 14.9 Å². The van der Waals surface area contributed by atoms with E-state index >= 15 is 0 Å². The molecule has 174 valence electrons. The molecule has 3 aromatic carbocycles. The number of hydrogen-bond donors (Lipinski definition) is 2. The van der Waals surface area contributed by atoms with Gasteiger partial charge >= 0.3 is 0 Å². The van der Waals surface area contributed by atoms with Gasteiger partial charge in [0.25, 0.3) is 0 Å². The fraction of sp³-hybridized carbons (Fsp3) is 0.357. The predicted octanol–water partition coefficient (Wildman–Crippen LogP) is 4.74. The zero-order valence-electron chi connectivity index (χ0n) is 18.8. The van der Waals surface area contributed by atoms with Crippen molar-refractivity contribution < 1.29 is 19.3 Å². The molecule has 3 aromatic rings. The highest BCUT2D eigenvalue weighted by Gasteiger charge is 2.29. The average molecular weight is 450 g/mol. The van der Waals surface area contributed by atoms with Crippen LogP contribution in [0.4, 0.5) is 4.39 Å². The molecule has 4 nitrogen and oxygen atoms in total. The molecule has 2 N–H and O–H groups in total. The largest absolute Gasteiger partial charge is 0.392 e. The molecule has 1 saturated heterocycles. The van der Waals surface area contributed by atoms with E-state index in [4.69, 9.17) is 4.74 Å². The third-order valence-electron chi connectivity index (χ3n) is 6.47. The molecule has 33 heavy (non-hydrogen) atoms. The fourth-order valence-electron chi connectivity index (χ4n) is 4.56. The quantitative estimate of drug-likeness (QED) is 0.496. The lowest BCUT2D eigenvalue weighted by molar-refractivity contribution is -0.0154. The van der Waals surface area contributed by atoms with Crippen LogP contribution in [0.2, 0.25) is 0 Å². The van der Waals surface area contributed by atoms with Crippen LogP contribution in [0.1, 0.15) is 41.7 Å². The topological polar surface area (TPSA) is 52.9 Å². The first-order chi connectivity index (χ1) is 16.1. The van der Waals surface area contributed by atoms with Crippen molar-refractivity contribution >= 4 is 0 Å². The second-order valence-electron chi connectivity index (χ2n) is 8.80. The van der Waals surface area contributed by atoms with Gasteiger partial charge in [-0.3, -0.25) is 4.90 Å². The monoisotopic (exact) mass is 449 g/mol. The summed E-state index contributed by atoms with van der Waals surface area (Å²) in [7, 11) is 0. The molecule has 1 unspecified atom stereocenters. The third kappa shape index (κ3) is 6.49. The van der Waals surface area contributed by atoms with Crippen LogP contribution in [0.15, 0.2) is 84.9 Å². The normalized spacial score (nSPS) is 20.1. The molecule has 4 rings (SSSR count). The van der Waals surface area contributed by atoms with Crippen molar-refractivity contribution in [2.45, 2.75) is 31.2 Å². The number of aliphatic hydroxyl groups is 2. The Bertz CT molecular complexity index is 928. The van der Waals surface area contributed by atoms with Crippen LogP contribution in [-0.2, 0) is 4.74 Å². The summed E-state index contributed by atoms with van der Waals surface area (Å²) in [6.45, 7) is 2.31. The maximum atomic E-state index is 13.1. The second kappa shape index (κ2) is 11.5. The Labute approximate surface area is 195 Å². The first kappa shape index (κ1) is 23.6. The van der Waals surface area contributed by atoms with Gasteiger partial charge in [-0.15, -0.1) is 0 Å². The van der Waals surface area contributed by atoms with E-state index in [2.05, 4.69) is 29.2 Å². The minimum absolute atomic E-state index is 0.129. The van der Waals surface area contributed by atoms with Crippen molar-refractivity contribution in [3.8, 4) is 0 Å². The lowest BCUT2D eigenvalue weighted by atomic mass is 9.90. The van der Waals surface area contributed by atoms with E-state index in [1.165, 1.54) is 12.1 Å². The van der Waals surface area contributed by atoms with Gasteiger partial charge in [0.05, 0.1) is 12.2 Å². The number of benzene rings is 3. The van der Waals surface area contributed by atoms with Crippen LogP contribution in [0.5, 0.6) is 0 Å². The van der Waals surface area contributed by atoms with Gasteiger partial charge in [-0.05, 0) is 54.1 Å². The second-order valence-corrected chi connectivity index (χ2v) is 8.80. The first-order valence-corrected chi connectivity index (χ1v) is 11.7. The fourth-order valence-corrected chi connectivity index (χ4v) is 4.56. The van der Waals surface area contributed by atoms with Crippen molar-refractivity contribution in [1.29, 1.82) is 0 Å². The van der Waals surface area contributed by atoms with Gasteiger partial charge in [0, 0.05) is 19.7 Å². The Hall–Kier alpha value is -2.57. The van der Waals surface area contributed by atoms with Gasteiger partial charge in [0.1, 0.15) is 11.9 Å². The number of nitrogens with zero attached hydrogens (tertiary/aromatic N) is 1. The van der Waals surface area contributed by atoms with Crippen molar-refractivity contribution in [2.24, 2.45) is 5.92 Å². The summed E-state index contributed by atoms with van der Waals surface area (Å²) in [5.74, 6) is -0.150. The number of aliphatic hydroxyl groups excluding tert-OH is 2. The number of β-amino-alcohol motifs (C(OH)–C–C–N with tert-alkyl or cyclic N) is 2. The summed E-state index contributed by atoms with van der Waals surface area (Å²) in [6.07, 6.45) is 0.341. The summed E-state index contributed by atoms with van der Waals surface area (Å²) in [5.41, 5.74) is 2.93. The summed E-state index contributed by atoms with van der Waals surface area (Å²) >= 11 is 0. The van der Waals surface area contributed by atoms with Gasteiger partial charge in [0.2, 0.25) is 0 Å². The Balaban J connectivity index is 1.28. The van der Waals surface area contributed by atoms with E-state index in [-0.39, 0.29) is 17.8 Å². The number of ether oxygens (including phenoxy) is 1. The van der Waals surface area contributed by atoms with Gasteiger partial charge in [-0.25, -0.2) is 4.39 Å². The molecule has 0 aromatic heterocycles. The molecule has 0 aliphatic carbocycles. The molecule has 1 aliphatic heterocycles. The smallest absolute Gasteiger partial charge is 0.123 e. The Kier molecular flexibility index (Phi) is 8.24.